The third-order valence-corrected chi connectivity index (χ3v) is 6.80. The highest BCUT2D eigenvalue weighted by Gasteiger charge is 2.44. The Labute approximate surface area is 239 Å². The van der Waals surface area contributed by atoms with Crippen molar-refractivity contribution in [2.24, 2.45) is 0 Å². The highest BCUT2D eigenvalue weighted by atomic mass is 16.7. The summed E-state index contributed by atoms with van der Waals surface area (Å²) in [4.78, 5) is 24.7. The summed E-state index contributed by atoms with van der Waals surface area (Å²) in [5, 5.41) is 39.5. The van der Waals surface area contributed by atoms with E-state index in [4.69, 9.17) is 18.9 Å². The first-order chi connectivity index (χ1) is 19.3. The molecule has 0 aromatic heterocycles. The Morgan fingerprint density at radius 2 is 1.43 bits per heavy atom. The van der Waals surface area contributed by atoms with Crippen LogP contribution in [-0.2, 0) is 28.5 Å². The van der Waals surface area contributed by atoms with Crippen LogP contribution in [0.3, 0.4) is 0 Å². The van der Waals surface area contributed by atoms with Crippen molar-refractivity contribution in [2.75, 3.05) is 19.8 Å². The van der Waals surface area contributed by atoms with E-state index in [1.807, 2.05) is 19.1 Å². The van der Waals surface area contributed by atoms with Crippen molar-refractivity contribution in [3.8, 4) is 0 Å². The molecular weight excluding hydrogens is 520 g/mol. The minimum atomic E-state index is -1.59. The predicted octanol–water partition coefficient (Wildman–Crippen LogP) is 3.48. The molecule has 1 rings (SSSR count). The van der Waals surface area contributed by atoms with Gasteiger partial charge in [-0.2, -0.15) is 0 Å². The molecule has 232 valence electrons. The van der Waals surface area contributed by atoms with Crippen LogP contribution in [0, 0.1) is 0 Å². The molecule has 0 aliphatic carbocycles. The number of hydrogen-bond donors (Lipinski definition) is 4. The van der Waals surface area contributed by atoms with E-state index in [-0.39, 0.29) is 26.1 Å². The van der Waals surface area contributed by atoms with Gasteiger partial charge < -0.3 is 39.4 Å². The Hall–Kier alpha value is -1.82. The number of esters is 2. The number of aliphatic hydroxyl groups is 4. The largest absolute Gasteiger partial charge is 0.462 e. The lowest BCUT2D eigenvalue weighted by molar-refractivity contribution is -0.305. The third-order valence-electron chi connectivity index (χ3n) is 6.80. The Balaban J connectivity index is 2.52. The molecule has 1 fully saturated rings. The minimum absolute atomic E-state index is 0.208. The van der Waals surface area contributed by atoms with Crippen molar-refractivity contribution in [3.05, 3.63) is 24.8 Å². The highest BCUT2D eigenvalue weighted by molar-refractivity contribution is 5.70. The second-order valence-corrected chi connectivity index (χ2v) is 10.3. The number of carbonyl (C=O) groups is 2. The summed E-state index contributed by atoms with van der Waals surface area (Å²) in [6, 6.07) is 0. The average molecular weight is 573 g/mol. The van der Waals surface area contributed by atoms with E-state index >= 15 is 0 Å². The molecule has 6 atom stereocenters. The standard InChI is InChI=1S/C30H52O10/c1-3-5-7-9-11-13-14-16-18-25(32)37-21-23(39-26(33)19-17-15-12-10-8-6-4-2)22-38-30-29(36)28(35)27(34)24(20-31)40-30/h3-5,23-24,27-31,34-36H,2,6-22H2,1H3/b5-3+/t23-,24-,27+,28+,29-,30-/m1/s1. The number of allylic oxidation sites excluding steroid dienone is 3. The Bertz CT molecular complexity index is 711. The van der Waals surface area contributed by atoms with Crippen LogP contribution in [0.25, 0.3) is 0 Å². The number of aliphatic hydroxyl groups excluding tert-OH is 4. The van der Waals surface area contributed by atoms with Crippen LogP contribution in [0.2, 0.25) is 0 Å². The van der Waals surface area contributed by atoms with Crippen LogP contribution < -0.4 is 0 Å². The normalized spacial score (nSPS) is 23.7. The number of rotatable bonds is 23. The van der Waals surface area contributed by atoms with Crippen LogP contribution in [0.5, 0.6) is 0 Å². The molecule has 1 aliphatic heterocycles. The van der Waals surface area contributed by atoms with Gasteiger partial charge in [0.2, 0.25) is 0 Å². The van der Waals surface area contributed by atoms with Crippen molar-refractivity contribution in [3.63, 3.8) is 0 Å². The summed E-state index contributed by atoms with van der Waals surface area (Å²) in [6.45, 7) is 4.61. The Kier molecular flexibility index (Phi) is 20.7. The van der Waals surface area contributed by atoms with Crippen LogP contribution in [-0.4, -0.2) is 89.0 Å². The van der Waals surface area contributed by atoms with Gasteiger partial charge in [0, 0.05) is 12.8 Å². The summed E-state index contributed by atoms with van der Waals surface area (Å²) < 4.78 is 21.7. The van der Waals surface area contributed by atoms with E-state index in [0.29, 0.717) is 12.8 Å². The van der Waals surface area contributed by atoms with Crippen LogP contribution in [0.1, 0.15) is 96.8 Å². The van der Waals surface area contributed by atoms with Gasteiger partial charge in [-0.1, -0.05) is 56.8 Å². The van der Waals surface area contributed by atoms with Gasteiger partial charge in [-0.3, -0.25) is 9.59 Å². The molecule has 0 aromatic rings. The van der Waals surface area contributed by atoms with Gasteiger partial charge in [-0.15, -0.1) is 6.58 Å². The van der Waals surface area contributed by atoms with E-state index in [1.165, 1.54) is 0 Å². The fourth-order valence-corrected chi connectivity index (χ4v) is 4.34. The molecule has 40 heavy (non-hydrogen) atoms. The van der Waals surface area contributed by atoms with Gasteiger partial charge in [0.1, 0.15) is 31.0 Å². The molecule has 0 unspecified atom stereocenters. The molecule has 1 heterocycles. The van der Waals surface area contributed by atoms with E-state index in [9.17, 15) is 30.0 Å². The fourth-order valence-electron chi connectivity index (χ4n) is 4.34. The van der Waals surface area contributed by atoms with Crippen molar-refractivity contribution in [2.45, 2.75) is 134 Å². The van der Waals surface area contributed by atoms with Gasteiger partial charge in [0.25, 0.3) is 0 Å². The molecule has 1 saturated heterocycles. The summed E-state index contributed by atoms with van der Waals surface area (Å²) >= 11 is 0. The molecule has 0 aromatic carbocycles. The lowest BCUT2D eigenvalue weighted by Crippen LogP contribution is -2.59. The van der Waals surface area contributed by atoms with Crippen LogP contribution in [0.4, 0.5) is 0 Å². The van der Waals surface area contributed by atoms with Crippen molar-refractivity contribution >= 4 is 11.9 Å². The molecule has 0 spiro atoms. The quantitative estimate of drug-likeness (QED) is 0.0813. The predicted molar refractivity (Wildman–Crippen MR) is 150 cm³/mol. The zero-order valence-electron chi connectivity index (χ0n) is 24.2. The molecule has 10 nitrogen and oxygen atoms in total. The third kappa shape index (κ3) is 15.8. The molecule has 0 amide bonds. The van der Waals surface area contributed by atoms with Gasteiger partial charge in [-0.05, 0) is 45.4 Å². The second kappa shape index (κ2) is 22.8. The maximum Gasteiger partial charge on any atom is 0.306 e. The smallest absolute Gasteiger partial charge is 0.306 e. The molecule has 1 aliphatic rings. The topological polar surface area (TPSA) is 152 Å². The summed E-state index contributed by atoms with van der Waals surface area (Å²) in [5.41, 5.74) is 0. The minimum Gasteiger partial charge on any atom is -0.462 e. The summed E-state index contributed by atoms with van der Waals surface area (Å²) in [5.74, 6) is -0.857. The number of carbonyl (C=O) groups excluding carboxylic acids is 2. The van der Waals surface area contributed by atoms with E-state index in [1.54, 1.807) is 0 Å². The maximum atomic E-state index is 12.5. The first kappa shape index (κ1) is 36.2. The lowest BCUT2D eigenvalue weighted by Gasteiger charge is -2.39. The second-order valence-electron chi connectivity index (χ2n) is 10.3. The number of hydrogen-bond acceptors (Lipinski definition) is 10. The van der Waals surface area contributed by atoms with Crippen molar-refractivity contribution in [1.82, 2.24) is 0 Å². The lowest BCUT2D eigenvalue weighted by atomic mass is 9.99. The SMILES string of the molecule is C=CCCCCCCCC(=O)O[C@H](COC(=O)CCCCCCC/C=C/C)CO[C@@H]1O[C@H](CO)[C@H](O)[C@H](O)[C@H]1O. The van der Waals surface area contributed by atoms with Crippen LogP contribution >= 0.6 is 0 Å². The first-order valence-corrected chi connectivity index (χ1v) is 14.8. The summed E-state index contributed by atoms with van der Waals surface area (Å²) in [7, 11) is 0. The van der Waals surface area contributed by atoms with E-state index in [2.05, 4.69) is 12.7 Å². The van der Waals surface area contributed by atoms with Crippen molar-refractivity contribution in [1.29, 1.82) is 0 Å². The molecule has 0 bridgehead atoms. The monoisotopic (exact) mass is 572 g/mol. The molecular formula is C30H52O10. The van der Waals surface area contributed by atoms with E-state index < -0.39 is 55.4 Å². The summed E-state index contributed by atoms with van der Waals surface area (Å²) in [6.07, 6.45) is 10.1. The molecule has 4 N–H and O–H groups in total. The van der Waals surface area contributed by atoms with Gasteiger partial charge in [0.15, 0.2) is 12.4 Å². The zero-order chi connectivity index (χ0) is 29.6. The van der Waals surface area contributed by atoms with Crippen molar-refractivity contribution < 1.29 is 49.0 Å². The first-order valence-electron chi connectivity index (χ1n) is 14.8. The van der Waals surface area contributed by atoms with Gasteiger partial charge >= 0.3 is 11.9 Å². The Morgan fingerprint density at radius 3 is 2.05 bits per heavy atom. The number of ether oxygens (including phenoxy) is 4. The average Bonchev–Trinajstić information content (AvgIpc) is 2.95. The molecule has 0 saturated carbocycles. The molecule has 0 radical (unpaired) electrons. The van der Waals surface area contributed by atoms with Gasteiger partial charge in [-0.25, -0.2) is 0 Å². The fraction of sp³-hybridized carbons (Fsp3) is 0.800. The highest BCUT2D eigenvalue weighted by Crippen LogP contribution is 2.22. The maximum absolute atomic E-state index is 12.5. The van der Waals surface area contributed by atoms with Crippen LogP contribution in [0.15, 0.2) is 24.8 Å². The van der Waals surface area contributed by atoms with Gasteiger partial charge in [0.05, 0.1) is 13.2 Å². The zero-order valence-corrected chi connectivity index (χ0v) is 24.2. The molecule has 10 heteroatoms. The van der Waals surface area contributed by atoms with E-state index in [0.717, 1.165) is 64.2 Å². The number of unbranched alkanes of at least 4 members (excludes halogenated alkanes) is 10. The Morgan fingerprint density at radius 1 is 0.825 bits per heavy atom.